The molecular weight excluding hydrogens is 295 g/mol. The van der Waals surface area contributed by atoms with Crippen molar-refractivity contribution in [2.24, 2.45) is 17.8 Å². The average molecular weight is 313 g/mol. The predicted molar refractivity (Wildman–Crippen MR) is 73.9 cm³/mol. The van der Waals surface area contributed by atoms with E-state index in [1.165, 1.54) is 24.6 Å². The first-order chi connectivity index (χ1) is 10.4. The topological polar surface area (TPSA) is 38.3 Å². The Balaban J connectivity index is 1.55. The number of ether oxygens (including phenoxy) is 1. The van der Waals surface area contributed by atoms with Gasteiger partial charge in [0, 0.05) is 12.5 Å². The Morgan fingerprint density at radius 2 is 2.09 bits per heavy atom. The van der Waals surface area contributed by atoms with Gasteiger partial charge in [-0.05, 0) is 48.8 Å². The molecule has 3 nitrogen and oxygen atoms in total. The Morgan fingerprint density at radius 3 is 2.73 bits per heavy atom. The van der Waals surface area contributed by atoms with Gasteiger partial charge in [-0.3, -0.25) is 4.79 Å². The van der Waals surface area contributed by atoms with Crippen LogP contribution in [0.2, 0.25) is 0 Å². The van der Waals surface area contributed by atoms with E-state index in [0.717, 1.165) is 19.3 Å². The molecule has 2 aliphatic carbocycles. The van der Waals surface area contributed by atoms with Crippen molar-refractivity contribution in [1.82, 2.24) is 5.32 Å². The molecule has 0 spiro atoms. The second-order valence-corrected chi connectivity index (χ2v) is 6.19. The molecule has 0 aromatic heterocycles. The maximum Gasteiger partial charge on any atom is 0.573 e. The molecule has 3 rings (SSSR count). The van der Waals surface area contributed by atoms with Crippen molar-refractivity contribution in [2.75, 3.05) is 0 Å². The van der Waals surface area contributed by atoms with Gasteiger partial charge < -0.3 is 10.1 Å². The minimum Gasteiger partial charge on any atom is -0.406 e. The highest BCUT2D eigenvalue weighted by molar-refractivity contribution is 5.79. The summed E-state index contributed by atoms with van der Waals surface area (Å²) in [6, 6.07) is 5.70. The van der Waals surface area contributed by atoms with Gasteiger partial charge >= 0.3 is 6.36 Å². The largest absolute Gasteiger partial charge is 0.573 e. The van der Waals surface area contributed by atoms with E-state index in [4.69, 9.17) is 0 Å². The number of carbonyl (C=O) groups excluding carboxylic acids is 1. The molecule has 0 unspecified atom stereocenters. The van der Waals surface area contributed by atoms with Crippen molar-refractivity contribution < 1.29 is 22.7 Å². The third kappa shape index (κ3) is 3.54. The molecule has 2 bridgehead atoms. The molecule has 0 aliphatic heterocycles. The van der Waals surface area contributed by atoms with Crippen LogP contribution in [0.1, 0.15) is 31.2 Å². The van der Waals surface area contributed by atoms with E-state index in [1.54, 1.807) is 6.07 Å². The fourth-order valence-electron chi connectivity index (χ4n) is 3.74. The van der Waals surface area contributed by atoms with E-state index in [-0.39, 0.29) is 24.1 Å². The molecule has 2 fully saturated rings. The number of amides is 1. The van der Waals surface area contributed by atoms with E-state index < -0.39 is 6.36 Å². The molecule has 3 atom stereocenters. The number of alkyl halides is 3. The Kier molecular flexibility index (Phi) is 4.02. The van der Waals surface area contributed by atoms with E-state index in [1.807, 2.05) is 0 Å². The first-order valence-electron chi connectivity index (χ1n) is 7.53. The van der Waals surface area contributed by atoms with Crippen molar-refractivity contribution in [3.63, 3.8) is 0 Å². The van der Waals surface area contributed by atoms with Gasteiger partial charge in [-0.15, -0.1) is 13.2 Å². The summed E-state index contributed by atoms with van der Waals surface area (Å²) in [6.45, 7) is 0.224. The van der Waals surface area contributed by atoms with Crippen molar-refractivity contribution >= 4 is 5.91 Å². The monoisotopic (exact) mass is 313 g/mol. The lowest BCUT2D eigenvalue weighted by molar-refractivity contribution is -0.274. The second kappa shape index (κ2) is 5.82. The second-order valence-electron chi connectivity index (χ2n) is 6.19. The Labute approximate surface area is 126 Å². The molecule has 1 N–H and O–H groups in total. The van der Waals surface area contributed by atoms with Gasteiger partial charge in [0.1, 0.15) is 5.75 Å². The van der Waals surface area contributed by atoms with Crippen molar-refractivity contribution in [2.45, 2.75) is 38.6 Å². The highest BCUT2D eigenvalue weighted by Gasteiger charge is 2.42. The SMILES string of the molecule is O=C(NCc1cccc(OC(F)(F)F)c1)[C@@H]1C[C@@H]2CC[C@@H]1C2. The summed E-state index contributed by atoms with van der Waals surface area (Å²) < 4.78 is 40.4. The number of benzene rings is 1. The Morgan fingerprint density at radius 1 is 1.27 bits per heavy atom. The van der Waals surface area contributed by atoms with Crippen LogP contribution in [0, 0.1) is 17.8 Å². The number of halogens is 3. The van der Waals surface area contributed by atoms with E-state index >= 15 is 0 Å². The summed E-state index contributed by atoms with van der Waals surface area (Å²) in [5, 5.41) is 2.84. The predicted octanol–water partition coefficient (Wildman–Crippen LogP) is 3.64. The Hall–Kier alpha value is -1.72. The van der Waals surface area contributed by atoms with Gasteiger partial charge in [-0.2, -0.15) is 0 Å². The van der Waals surface area contributed by atoms with Gasteiger partial charge in [0.15, 0.2) is 0 Å². The molecule has 2 saturated carbocycles. The highest BCUT2D eigenvalue weighted by Crippen LogP contribution is 2.48. The van der Waals surface area contributed by atoms with Crippen LogP contribution >= 0.6 is 0 Å². The van der Waals surface area contributed by atoms with Crippen molar-refractivity contribution in [3.05, 3.63) is 29.8 Å². The lowest BCUT2D eigenvalue weighted by Crippen LogP contribution is -2.33. The number of carbonyl (C=O) groups is 1. The van der Waals surface area contributed by atoms with Gasteiger partial charge in [0.05, 0.1) is 0 Å². The minimum absolute atomic E-state index is 0.0225. The number of rotatable bonds is 4. The fraction of sp³-hybridized carbons (Fsp3) is 0.562. The smallest absolute Gasteiger partial charge is 0.406 e. The molecule has 1 aromatic carbocycles. The van der Waals surface area contributed by atoms with Gasteiger partial charge in [0.25, 0.3) is 0 Å². The zero-order valence-corrected chi connectivity index (χ0v) is 12.0. The molecule has 0 radical (unpaired) electrons. The summed E-state index contributed by atoms with van der Waals surface area (Å²) in [6.07, 6.45) is -0.255. The molecule has 0 heterocycles. The molecule has 6 heteroatoms. The lowest BCUT2D eigenvalue weighted by Gasteiger charge is -2.20. The standard InChI is InChI=1S/C16H18F3NO2/c17-16(18,19)22-13-3-1-2-11(7-13)9-20-15(21)14-8-10-4-5-12(14)6-10/h1-3,7,10,12,14H,4-6,8-9H2,(H,20,21)/t10-,12-,14-/m1/s1. The van der Waals surface area contributed by atoms with Crippen LogP contribution in [0.25, 0.3) is 0 Å². The molecule has 0 saturated heterocycles. The zero-order valence-electron chi connectivity index (χ0n) is 12.0. The lowest BCUT2D eigenvalue weighted by atomic mass is 9.88. The van der Waals surface area contributed by atoms with E-state index in [9.17, 15) is 18.0 Å². The quantitative estimate of drug-likeness (QED) is 0.921. The first kappa shape index (κ1) is 15.2. The minimum atomic E-state index is -4.70. The third-order valence-corrected chi connectivity index (χ3v) is 4.67. The maximum atomic E-state index is 12.2. The molecule has 2 aliphatic rings. The summed E-state index contributed by atoms with van der Waals surface area (Å²) in [4.78, 5) is 12.2. The van der Waals surface area contributed by atoms with E-state index in [0.29, 0.717) is 17.4 Å². The molecule has 1 amide bonds. The summed E-state index contributed by atoms with van der Waals surface area (Å²) in [5.74, 6) is 1.01. The van der Waals surface area contributed by atoms with E-state index in [2.05, 4.69) is 10.1 Å². The number of hydrogen-bond donors (Lipinski definition) is 1. The third-order valence-electron chi connectivity index (χ3n) is 4.67. The fourth-order valence-corrected chi connectivity index (χ4v) is 3.74. The maximum absolute atomic E-state index is 12.2. The van der Waals surface area contributed by atoms with Crippen LogP contribution in [-0.2, 0) is 11.3 Å². The molecule has 120 valence electrons. The van der Waals surface area contributed by atoms with Crippen LogP contribution in [-0.4, -0.2) is 12.3 Å². The van der Waals surface area contributed by atoms with Crippen molar-refractivity contribution in [1.29, 1.82) is 0 Å². The molecule has 1 aromatic rings. The number of hydrogen-bond acceptors (Lipinski definition) is 2. The van der Waals surface area contributed by atoms with Crippen LogP contribution in [0.3, 0.4) is 0 Å². The van der Waals surface area contributed by atoms with Crippen LogP contribution in [0.15, 0.2) is 24.3 Å². The summed E-state index contributed by atoms with van der Waals surface area (Å²) in [5.41, 5.74) is 0.596. The molecular formula is C16H18F3NO2. The van der Waals surface area contributed by atoms with Gasteiger partial charge in [-0.25, -0.2) is 0 Å². The first-order valence-corrected chi connectivity index (χ1v) is 7.53. The van der Waals surface area contributed by atoms with Gasteiger partial charge in [0.2, 0.25) is 5.91 Å². The van der Waals surface area contributed by atoms with Crippen LogP contribution in [0.4, 0.5) is 13.2 Å². The Bertz CT molecular complexity index is 559. The van der Waals surface area contributed by atoms with Crippen molar-refractivity contribution in [3.8, 4) is 5.75 Å². The highest BCUT2D eigenvalue weighted by atomic mass is 19.4. The van der Waals surface area contributed by atoms with Crippen LogP contribution < -0.4 is 10.1 Å². The van der Waals surface area contributed by atoms with Crippen LogP contribution in [0.5, 0.6) is 5.75 Å². The average Bonchev–Trinajstić information content (AvgIpc) is 3.06. The normalized spacial score (nSPS) is 27.0. The van der Waals surface area contributed by atoms with Gasteiger partial charge in [-0.1, -0.05) is 18.6 Å². The zero-order chi connectivity index (χ0) is 15.7. The number of fused-ring (bicyclic) bond motifs is 2. The number of nitrogens with one attached hydrogen (secondary N) is 1. The summed E-state index contributed by atoms with van der Waals surface area (Å²) >= 11 is 0. The molecule has 22 heavy (non-hydrogen) atoms. The summed E-state index contributed by atoms with van der Waals surface area (Å²) in [7, 11) is 0.